The van der Waals surface area contributed by atoms with Crippen molar-refractivity contribution in [1.29, 1.82) is 0 Å². The SMILES string of the molecule is CCCCC=C1CC1CCCC(C)CC(C)CCCC(C)CCCCCN. The molecule has 1 fully saturated rings. The van der Waals surface area contributed by atoms with Crippen molar-refractivity contribution in [3.8, 4) is 0 Å². The molecule has 1 heteroatoms. The molecule has 0 amide bonds. The molecule has 4 unspecified atom stereocenters. The van der Waals surface area contributed by atoms with Gasteiger partial charge in [0.05, 0.1) is 0 Å². The van der Waals surface area contributed by atoms with Crippen LogP contribution in [0.5, 0.6) is 0 Å². The average molecular weight is 378 g/mol. The summed E-state index contributed by atoms with van der Waals surface area (Å²) in [7, 11) is 0. The van der Waals surface area contributed by atoms with Crippen molar-refractivity contribution in [2.75, 3.05) is 6.54 Å². The average Bonchev–Trinajstić information content (AvgIpc) is 3.37. The van der Waals surface area contributed by atoms with E-state index in [0.29, 0.717) is 0 Å². The van der Waals surface area contributed by atoms with Crippen molar-refractivity contribution in [2.24, 2.45) is 29.4 Å². The third kappa shape index (κ3) is 13.5. The summed E-state index contributed by atoms with van der Waals surface area (Å²) in [6.07, 6.45) is 23.4. The molecule has 4 atom stereocenters. The second kappa shape index (κ2) is 15.6. The van der Waals surface area contributed by atoms with Gasteiger partial charge >= 0.3 is 0 Å². The van der Waals surface area contributed by atoms with E-state index in [0.717, 1.165) is 30.2 Å². The van der Waals surface area contributed by atoms with E-state index in [1.807, 2.05) is 0 Å². The highest BCUT2D eigenvalue weighted by molar-refractivity contribution is 5.22. The van der Waals surface area contributed by atoms with Gasteiger partial charge in [0.1, 0.15) is 0 Å². The Kier molecular flexibility index (Phi) is 14.3. The van der Waals surface area contributed by atoms with Crippen LogP contribution in [0.3, 0.4) is 0 Å². The minimum atomic E-state index is 0.863. The topological polar surface area (TPSA) is 26.0 Å². The molecular formula is C26H51N. The lowest BCUT2D eigenvalue weighted by Crippen LogP contribution is -2.05. The Morgan fingerprint density at radius 2 is 1.52 bits per heavy atom. The summed E-state index contributed by atoms with van der Waals surface area (Å²) in [4.78, 5) is 0. The molecule has 0 saturated heterocycles. The summed E-state index contributed by atoms with van der Waals surface area (Å²) in [5, 5.41) is 0. The molecular weight excluding hydrogens is 326 g/mol. The van der Waals surface area contributed by atoms with Gasteiger partial charge in [-0.15, -0.1) is 0 Å². The van der Waals surface area contributed by atoms with Crippen LogP contribution in [0, 0.1) is 23.7 Å². The van der Waals surface area contributed by atoms with E-state index < -0.39 is 0 Å². The standard InChI is InChI=1S/C26H51N/c1-5-6-8-17-25-21-26(25)18-12-16-24(4)20-23(3)15-11-14-22(2)13-9-7-10-19-27/h17,22-24,26H,5-16,18-21,27H2,1-4H3. The Hall–Kier alpha value is -0.300. The molecule has 0 aliphatic heterocycles. The zero-order valence-electron chi connectivity index (χ0n) is 19.3. The maximum atomic E-state index is 5.57. The smallest absolute Gasteiger partial charge is 0.00773 e. The minimum Gasteiger partial charge on any atom is -0.330 e. The lowest BCUT2D eigenvalue weighted by atomic mass is 9.88. The molecule has 1 nitrogen and oxygen atoms in total. The number of unbranched alkanes of at least 4 members (excludes halogenated alkanes) is 4. The molecule has 27 heavy (non-hydrogen) atoms. The zero-order chi connectivity index (χ0) is 19.9. The molecule has 0 aromatic rings. The Balaban J connectivity index is 1.97. The predicted molar refractivity (Wildman–Crippen MR) is 123 cm³/mol. The first-order valence-corrected chi connectivity index (χ1v) is 12.5. The quantitative estimate of drug-likeness (QED) is 0.189. The van der Waals surface area contributed by atoms with E-state index in [9.17, 15) is 0 Å². The van der Waals surface area contributed by atoms with E-state index in [4.69, 9.17) is 5.73 Å². The van der Waals surface area contributed by atoms with Crippen LogP contribution in [0.4, 0.5) is 0 Å². The van der Waals surface area contributed by atoms with Crippen LogP contribution in [0.2, 0.25) is 0 Å². The van der Waals surface area contributed by atoms with Gasteiger partial charge in [0.25, 0.3) is 0 Å². The Morgan fingerprint density at radius 3 is 2.22 bits per heavy atom. The molecule has 0 bridgehead atoms. The Labute approximate surface area is 172 Å². The van der Waals surface area contributed by atoms with Gasteiger partial charge in [0.15, 0.2) is 0 Å². The highest BCUT2D eigenvalue weighted by Gasteiger charge is 2.28. The summed E-state index contributed by atoms with van der Waals surface area (Å²) >= 11 is 0. The molecule has 1 aliphatic carbocycles. The van der Waals surface area contributed by atoms with Crippen LogP contribution < -0.4 is 5.73 Å². The lowest BCUT2D eigenvalue weighted by molar-refractivity contribution is 0.344. The number of hydrogen-bond donors (Lipinski definition) is 1. The number of hydrogen-bond acceptors (Lipinski definition) is 1. The van der Waals surface area contributed by atoms with Crippen molar-refractivity contribution in [2.45, 2.75) is 124 Å². The monoisotopic (exact) mass is 377 g/mol. The van der Waals surface area contributed by atoms with Gasteiger partial charge in [-0.1, -0.05) is 104 Å². The first-order valence-electron chi connectivity index (χ1n) is 12.5. The van der Waals surface area contributed by atoms with Gasteiger partial charge < -0.3 is 5.73 Å². The molecule has 0 heterocycles. The zero-order valence-corrected chi connectivity index (χ0v) is 19.3. The summed E-state index contributed by atoms with van der Waals surface area (Å²) in [5.74, 6) is 3.71. The van der Waals surface area contributed by atoms with Crippen LogP contribution in [0.15, 0.2) is 11.6 Å². The van der Waals surface area contributed by atoms with E-state index >= 15 is 0 Å². The largest absolute Gasteiger partial charge is 0.330 e. The fourth-order valence-electron chi connectivity index (χ4n) is 4.66. The van der Waals surface area contributed by atoms with Crippen molar-refractivity contribution in [1.82, 2.24) is 0 Å². The van der Waals surface area contributed by atoms with E-state index in [1.165, 1.54) is 96.3 Å². The van der Waals surface area contributed by atoms with Crippen LogP contribution in [-0.2, 0) is 0 Å². The second-order valence-electron chi connectivity index (χ2n) is 9.87. The maximum absolute atomic E-state index is 5.57. The molecule has 2 N–H and O–H groups in total. The number of rotatable bonds is 18. The lowest BCUT2D eigenvalue weighted by Gasteiger charge is -2.18. The first kappa shape index (κ1) is 24.7. The normalized spacial score (nSPS) is 21.4. The Morgan fingerprint density at radius 1 is 0.852 bits per heavy atom. The fourth-order valence-corrected chi connectivity index (χ4v) is 4.66. The van der Waals surface area contributed by atoms with Crippen LogP contribution in [-0.4, -0.2) is 6.54 Å². The van der Waals surface area contributed by atoms with Crippen LogP contribution >= 0.6 is 0 Å². The first-order chi connectivity index (χ1) is 13.1. The molecule has 1 rings (SSSR count). The number of nitrogens with two attached hydrogens (primary N) is 1. The van der Waals surface area contributed by atoms with E-state index in [2.05, 4.69) is 33.8 Å². The highest BCUT2D eigenvalue weighted by atomic mass is 14.5. The van der Waals surface area contributed by atoms with Crippen molar-refractivity contribution >= 4 is 0 Å². The van der Waals surface area contributed by atoms with Crippen LogP contribution in [0.1, 0.15) is 124 Å². The van der Waals surface area contributed by atoms with Gasteiger partial charge in [-0.05, 0) is 62.3 Å². The van der Waals surface area contributed by atoms with Crippen molar-refractivity contribution in [3.05, 3.63) is 11.6 Å². The number of allylic oxidation sites excluding steroid dienone is 2. The molecule has 0 radical (unpaired) electrons. The molecule has 0 aromatic carbocycles. The molecule has 160 valence electrons. The highest BCUT2D eigenvalue weighted by Crippen LogP contribution is 2.42. The third-order valence-electron chi connectivity index (χ3n) is 6.66. The molecule has 0 aromatic heterocycles. The maximum Gasteiger partial charge on any atom is -0.00773 e. The van der Waals surface area contributed by atoms with Crippen molar-refractivity contribution in [3.63, 3.8) is 0 Å². The van der Waals surface area contributed by atoms with Gasteiger partial charge in [-0.2, -0.15) is 0 Å². The molecule has 1 aliphatic rings. The fraction of sp³-hybridized carbons (Fsp3) is 0.923. The summed E-state index contributed by atoms with van der Waals surface area (Å²) in [5.41, 5.74) is 7.35. The van der Waals surface area contributed by atoms with Gasteiger partial charge in [0, 0.05) is 0 Å². The summed E-state index contributed by atoms with van der Waals surface area (Å²) < 4.78 is 0. The molecule has 1 saturated carbocycles. The van der Waals surface area contributed by atoms with Gasteiger partial charge in [0.2, 0.25) is 0 Å². The predicted octanol–water partition coefficient (Wildman–Crippen LogP) is 8.28. The van der Waals surface area contributed by atoms with Crippen LogP contribution in [0.25, 0.3) is 0 Å². The second-order valence-corrected chi connectivity index (χ2v) is 9.87. The summed E-state index contributed by atoms with van der Waals surface area (Å²) in [6, 6.07) is 0. The Bertz CT molecular complexity index is 372. The molecule has 0 spiro atoms. The van der Waals surface area contributed by atoms with E-state index in [-0.39, 0.29) is 0 Å². The van der Waals surface area contributed by atoms with Gasteiger partial charge in [-0.3, -0.25) is 0 Å². The van der Waals surface area contributed by atoms with E-state index in [1.54, 1.807) is 5.57 Å². The minimum absolute atomic E-state index is 0.863. The van der Waals surface area contributed by atoms with Gasteiger partial charge in [-0.25, -0.2) is 0 Å². The summed E-state index contributed by atoms with van der Waals surface area (Å²) in [6.45, 7) is 10.6. The van der Waals surface area contributed by atoms with Crippen molar-refractivity contribution < 1.29 is 0 Å². The third-order valence-corrected chi connectivity index (χ3v) is 6.66.